The molecule has 1 aromatic rings. The number of tetrazole rings is 1. The fourth-order valence-corrected chi connectivity index (χ4v) is 2.77. The summed E-state index contributed by atoms with van der Waals surface area (Å²) in [5.41, 5.74) is 0. The van der Waals surface area contributed by atoms with Crippen molar-refractivity contribution in [2.75, 3.05) is 0 Å². The van der Waals surface area contributed by atoms with Crippen molar-refractivity contribution in [3.05, 3.63) is 0 Å². The highest BCUT2D eigenvalue weighted by atomic mass is 32.2. The van der Waals surface area contributed by atoms with Gasteiger partial charge in [-0.3, -0.25) is 4.79 Å². The van der Waals surface area contributed by atoms with E-state index < -0.39 is 0 Å². The maximum atomic E-state index is 11.5. The molecule has 2 rings (SSSR count). The lowest BCUT2D eigenvalue weighted by atomic mass is 10.2. The van der Waals surface area contributed by atoms with Crippen molar-refractivity contribution in [2.45, 2.75) is 50.2 Å². The molecule has 0 bridgehead atoms. The number of hydrogen-bond donors (Lipinski definition) is 0. The first-order valence-corrected chi connectivity index (χ1v) is 6.57. The first kappa shape index (κ1) is 12.3. The van der Waals surface area contributed by atoms with Crippen LogP contribution in [0.2, 0.25) is 0 Å². The molecule has 2 unspecified atom stereocenters. The van der Waals surface area contributed by atoms with Crippen molar-refractivity contribution in [3.8, 4) is 0 Å². The maximum Gasteiger partial charge on any atom is 0.319 e. The third kappa shape index (κ3) is 2.96. The van der Waals surface area contributed by atoms with E-state index in [1.165, 1.54) is 11.8 Å². The van der Waals surface area contributed by atoms with Gasteiger partial charge in [0.15, 0.2) is 0 Å². The molecule has 0 spiro atoms. The number of nitrogens with zero attached hydrogens (tertiary/aromatic N) is 4. The third-order valence-electron chi connectivity index (χ3n) is 2.41. The largest absolute Gasteiger partial charge is 0.462 e. The molecule has 0 aromatic carbocycles. The lowest BCUT2D eigenvalue weighted by Crippen LogP contribution is -2.13. The normalized spacial score (nSPS) is 24.4. The quantitative estimate of drug-likeness (QED) is 0.752. The van der Waals surface area contributed by atoms with E-state index in [2.05, 4.69) is 29.4 Å². The number of esters is 1. The Morgan fingerprint density at radius 1 is 1.59 bits per heavy atom. The van der Waals surface area contributed by atoms with Crippen LogP contribution >= 0.6 is 11.8 Å². The third-order valence-corrected chi connectivity index (χ3v) is 3.58. The van der Waals surface area contributed by atoms with Crippen molar-refractivity contribution >= 4 is 17.7 Å². The number of carbonyl (C=O) groups excluding carboxylic acids is 1. The summed E-state index contributed by atoms with van der Waals surface area (Å²) in [5.74, 6) is 0.300. The second-order valence-electron chi connectivity index (χ2n) is 4.63. The highest BCUT2D eigenvalue weighted by Crippen LogP contribution is 2.30. The summed E-state index contributed by atoms with van der Waals surface area (Å²) in [4.78, 5) is 11.5. The Morgan fingerprint density at radius 2 is 2.35 bits per heavy atom. The van der Waals surface area contributed by atoms with Crippen LogP contribution in [0.5, 0.6) is 0 Å². The average Bonchev–Trinajstić information content (AvgIpc) is 2.75. The lowest BCUT2D eigenvalue weighted by Gasteiger charge is -2.08. The SMILES string of the molecule is CC(C)Cn1nnnc1SC1CC(C)OC1=O. The number of cyclic esters (lactones) is 1. The van der Waals surface area contributed by atoms with E-state index in [0.29, 0.717) is 11.1 Å². The van der Waals surface area contributed by atoms with Crippen molar-refractivity contribution in [2.24, 2.45) is 5.92 Å². The smallest absolute Gasteiger partial charge is 0.319 e. The van der Waals surface area contributed by atoms with Gasteiger partial charge in [-0.15, -0.1) is 5.10 Å². The molecule has 6 nitrogen and oxygen atoms in total. The molecule has 1 aliphatic heterocycles. The number of ether oxygens (including phenoxy) is 1. The van der Waals surface area contributed by atoms with Gasteiger partial charge in [0.05, 0.1) is 0 Å². The first-order valence-electron chi connectivity index (χ1n) is 5.69. The highest BCUT2D eigenvalue weighted by Gasteiger charge is 2.34. The van der Waals surface area contributed by atoms with Gasteiger partial charge in [0.2, 0.25) is 5.16 Å². The predicted octanol–water partition coefficient (Wildman–Crippen LogP) is 1.13. The topological polar surface area (TPSA) is 69.9 Å². The van der Waals surface area contributed by atoms with Crippen LogP contribution in [-0.2, 0) is 16.1 Å². The van der Waals surface area contributed by atoms with E-state index in [0.717, 1.165) is 13.0 Å². The van der Waals surface area contributed by atoms with Crippen LogP contribution in [0.3, 0.4) is 0 Å². The first-order chi connectivity index (χ1) is 8.06. The van der Waals surface area contributed by atoms with Crippen molar-refractivity contribution < 1.29 is 9.53 Å². The summed E-state index contributed by atoms with van der Waals surface area (Å²) in [6.45, 7) is 6.85. The number of thioether (sulfide) groups is 1. The van der Waals surface area contributed by atoms with Gasteiger partial charge in [-0.25, -0.2) is 4.68 Å². The average molecular weight is 256 g/mol. The van der Waals surface area contributed by atoms with Crippen LogP contribution < -0.4 is 0 Å². The van der Waals surface area contributed by atoms with E-state index in [9.17, 15) is 4.79 Å². The molecule has 0 saturated carbocycles. The molecular formula is C10H16N4O2S. The molecule has 17 heavy (non-hydrogen) atoms. The highest BCUT2D eigenvalue weighted by molar-refractivity contribution is 8.00. The van der Waals surface area contributed by atoms with E-state index in [-0.39, 0.29) is 17.3 Å². The van der Waals surface area contributed by atoms with E-state index in [1.54, 1.807) is 4.68 Å². The van der Waals surface area contributed by atoms with Crippen molar-refractivity contribution in [1.82, 2.24) is 20.2 Å². The zero-order valence-corrected chi connectivity index (χ0v) is 11.0. The van der Waals surface area contributed by atoms with Gasteiger partial charge in [0.1, 0.15) is 11.4 Å². The van der Waals surface area contributed by atoms with Gasteiger partial charge in [0, 0.05) is 13.0 Å². The Balaban J connectivity index is 2.03. The molecule has 94 valence electrons. The Kier molecular flexibility index (Phi) is 3.66. The summed E-state index contributed by atoms with van der Waals surface area (Å²) in [5, 5.41) is 12.0. The standard InChI is InChI=1S/C10H16N4O2S/c1-6(2)5-14-10(11-12-13-14)17-8-4-7(3)16-9(8)15/h6-8H,4-5H2,1-3H3. The van der Waals surface area contributed by atoms with Gasteiger partial charge in [-0.2, -0.15) is 0 Å². The molecule has 1 aliphatic rings. The minimum absolute atomic E-state index is 0.00516. The summed E-state index contributed by atoms with van der Waals surface area (Å²) in [6, 6.07) is 0. The molecule has 0 N–H and O–H groups in total. The fourth-order valence-electron chi connectivity index (χ4n) is 1.68. The van der Waals surface area contributed by atoms with Crippen molar-refractivity contribution in [3.63, 3.8) is 0 Å². The Morgan fingerprint density at radius 3 is 2.94 bits per heavy atom. The van der Waals surface area contributed by atoms with Gasteiger partial charge >= 0.3 is 5.97 Å². The molecule has 2 atom stereocenters. The number of aromatic nitrogens is 4. The second kappa shape index (κ2) is 5.03. The number of hydrogen-bond acceptors (Lipinski definition) is 6. The second-order valence-corrected chi connectivity index (χ2v) is 5.80. The van der Waals surface area contributed by atoms with E-state index in [4.69, 9.17) is 4.74 Å². The molecule has 0 radical (unpaired) electrons. The van der Waals surface area contributed by atoms with Gasteiger partial charge < -0.3 is 4.74 Å². The van der Waals surface area contributed by atoms with Crippen LogP contribution in [0.25, 0.3) is 0 Å². The maximum absolute atomic E-state index is 11.5. The zero-order chi connectivity index (χ0) is 12.4. The van der Waals surface area contributed by atoms with Crippen LogP contribution in [-0.4, -0.2) is 37.5 Å². The van der Waals surface area contributed by atoms with E-state index in [1.807, 2.05) is 6.92 Å². The molecule has 2 heterocycles. The van der Waals surface area contributed by atoms with E-state index >= 15 is 0 Å². The van der Waals surface area contributed by atoms with Gasteiger partial charge in [0.25, 0.3) is 0 Å². The van der Waals surface area contributed by atoms with Crippen LogP contribution in [0, 0.1) is 5.92 Å². The lowest BCUT2D eigenvalue weighted by molar-refractivity contribution is -0.140. The Labute approximate surface area is 104 Å². The molecule has 1 aromatic heterocycles. The monoisotopic (exact) mass is 256 g/mol. The van der Waals surface area contributed by atoms with Crippen LogP contribution in [0.4, 0.5) is 0 Å². The summed E-state index contributed by atoms with van der Waals surface area (Å²) in [7, 11) is 0. The molecular weight excluding hydrogens is 240 g/mol. The van der Waals surface area contributed by atoms with Crippen molar-refractivity contribution in [1.29, 1.82) is 0 Å². The zero-order valence-electron chi connectivity index (χ0n) is 10.2. The minimum Gasteiger partial charge on any atom is -0.462 e. The molecule has 1 fully saturated rings. The number of rotatable bonds is 4. The molecule has 0 amide bonds. The molecule has 7 heteroatoms. The van der Waals surface area contributed by atoms with Crippen LogP contribution in [0.15, 0.2) is 5.16 Å². The summed E-state index contributed by atoms with van der Waals surface area (Å²) >= 11 is 1.39. The van der Waals surface area contributed by atoms with Gasteiger partial charge in [-0.05, 0) is 23.3 Å². The molecule has 1 saturated heterocycles. The summed E-state index contributed by atoms with van der Waals surface area (Å²) in [6.07, 6.45) is 0.715. The van der Waals surface area contributed by atoms with Crippen LogP contribution in [0.1, 0.15) is 27.2 Å². The minimum atomic E-state index is -0.179. The summed E-state index contributed by atoms with van der Waals surface area (Å²) < 4.78 is 6.85. The van der Waals surface area contributed by atoms with Gasteiger partial charge in [-0.1, -0.05) is 25.6 Å². The fraction of sp³-hybridized carbons (Fsp3) is 0.800. The molecule has 0 aliphatic carbocycles. The predicted molar refractivity (Wildman–Crippen MR) is 62.5 cm³/mol. The Hall–Kier alpha value is -1.11. The Bertz CT molecular complexity index is 407. The number of carbonyl (C=O) groups is 1.